The number of hydrogen-bond acceptors (Lipinski definition) is 4. The highest BCUT2D eigenvalue weighted by Crippen LogP contribution is 2.20. The topological polar surface area (TPSA) is 87.3 Å². The van der Waals surface area contributed by atoms with E-state index in [-0.39, 0.29) is 23.8 Å². The largest absolute Gasteiger partial charge is 0.387 e. The summed E-state index contributed by atoms with van der Waals surface area (Å²) in [5.41, 5.74) is 0.530. The number of carbonyl (C=O) groups excluding carboxylic acids is 1. The van der Waals surface area contributed by atoms with Gasteiger partial charge in [0.25, 0.3) is 0 Å². The molecular formula is C13H19N3O3S. The lowest BCUT2D eigenvalue weighted by atomic mass is 10.3. The van der Waals surface area contributed by atoms with Crippen molar-refractivity contribution in [1.82, 2.24) is 10.0 Å². The Balaban J connectivity index is 1.91. The first-order chi connectivity index (χ1) is 9.53. The highest BCUT2D eigenvalue weighted by atomic mass is 32.2. The smallest absolute Gasteiger partial charge is 0.242 e. The maximum absolute atomic E-state index is 12.1. The van der Waals surface area contributed by atoms with Crippen molar-refractivity contribution in [1.29, 1.82) is 0 Å². The Morgan fingerprint density at radius 3 is 2.65 bits per heavy atom. The predicted octanol–water partition coefficient (Wildman–Crippen LogP) is 0.675. The Kier molecular flexibility index (Phi) is 4.61. The molecule has 1 aliphatic rings. The molecule has 0 heterocycles. The molecule has 0 atom stereocenters. The fourth-order valence-electron chi connectivity index (χ4n) is 1.81. The van der Waals surface area contributed by atoms with Crippen molar-refractivity contribution in [2.45, 2.75) is 30.2 Å². The first-order valence-corrected chi connectivity index (χ1v) is 8.07. The third-order valence-corrected chi connectivity index (χ3v) is 4.55. The van der Waals surface area contributed by atoms with Gasteiger partial charge in [0.1, 0.15) is 4.90 Å². The molecule has 0 spiro atoms. The van der Waals surface area contributed by atoms with Crippen LogP contribution in [0.5, 0.6) is 0 Å². The first kappa shape index (κ1) is 14.8. The molecule has 1 fully saturated rings. The molecule has 0 radical (unpaired) electrons. The molecule has 0 unspecified atom stereocenters. The van der Waals surface area contributed by atoms with E-state index < -0.39 is 10.0 Å². The second-order valence-electron chi connectivity index (χ2n) is 4.74. The minimum atomic E-state index is -3.60. The fourth-order valence-corrected chi connectivity index (χ4v) is 3.06. The summed E-state index contributed by atoms with van der Waals surface area (Å²) in [6, 6.07) is 6.93. The molecule has 1 aromatic rings. The zero-order valence-electron chi connectivity index (χ0n) is 11.3. The van der Waals surface area contributed by atoms with E-state index in [0.717, 1.165) is 12.8 Å². The van der Waals surface area contributed by atoms with Crippen LogP contribution in [0.1, 0.15) is 19.3 Å². The van der Waals surface area contributed by atoms with Gasteiger partial charge >= 0.3 is 0 Å². The van der Waals surface area contributed by atoms with Gasteiger partial charge in [-0.1, -0.05) is 12.1 Å². The van der Waals surface area contributed by atoms with Crippen LogP contribution in [0.4, 0.5) is 5.69 Å². The number of anilines is 1. The van der Waals surface area contributed by atoms with E-state index in [2.05, 4.69) is 15.4 Å². The van der Waals surface area contributed by atoms with Crippen LogP contribution in [0, 0.1) is 0 Å². The lowest BCUT2D eigenvalue weighted by Crippen LogP contribution is -2.31. The summed E-state index contributed by atoms with van der Waals surface area (Å²) >= 11 is 0. The minimum absolute atomic E-state index is 0.0962. The van der Waals surface area contributed by atoms with E-state index in [0.29, 0.717) is 11.7 Å². The van der Waals surface area contributed by atoms with Crippen LogP contribution in [0.25, 0.3) is 0 Å². The van der Waals surface area contributed by atoms with Crippen LogP contribution in [-0.4, -0.2) is 34.0 Å². The number of hydrogen-bond donors (Lipinski definition) is 3. The van der Waals surface area contributed by atoms with Gasteiger partial charge in [-0.05, 0) is 25.0 Å². The van der Waals surface area contributed by atoms with Crippen molar-refractivity contribution >= 4 is 21.6 Å². The van der Waals surface area contributed by atoms with Crippen LogP contribution in [0.3, 0.4) is 0 Å². The summed E-state index contributed by atoms with van der Waals surface area (Å²) in [4.78, 5) is 11.7. The van der Waals surface area contributed by atoms with Gasteiger partial charge in [-0.25, -0.2) is 13.1 Å². The van der Waals surface area contributed by atoms with E-state index in [1.807, 2.05) is 0 Å². The maximum atomic E-state index is 12.1. The number of benzene rings is 1. The van der Waals surface area contributed by atoms with Crippen molar-refractivity contribution < 1.29 is 13.2 Å². The minimum Gasteiger partial charge on any atom is -0.387 e. The molecule has 1 saturated carbocycles. The Morgan fingerprint density at radius 2 is 2.00 bits per heavy atom. The molecule has 0 aromatic heterocycles. The highest BCUT2D eigenvalue weighted by molar-refractivity contribution is 7.89. The average Bonchev–Trinajstić information content (AvgIpc) is 3.22. The predicted molar refractivity (Wildman–Crippen MR) is 77.0 cm³/mol. The number of para-hydroxylation sites is 1. The van der Waals surface area contributed by atoms with Gasteiger partial charge < -0.3 is 10.6 Å². The number of amides is 1. The Labute approximate surface area is 119 Å². The number of carbonyl (C=O) groups is 1. The van der Waals surface area contributed by atoms with Crippen LogP contribution in [-0.2, 0) is 14.8 Å². The van der Waals surface area contributed by atoms with Gasteiger partial charge in [0, 0.05) is 26.1 Å². The summed E-state index contributed by atoms with van der Waals surface area (Å²) in [6.07, 6.45) is 2.19. The van der Waals surface area contributed by atoms with Crippen molar-refractivity contribution in [3.8, 4) is 0 Å². The molecule has 0 aliphatic heterocycles. The molecule has 1 amide bonds. The van der Waals surface area contributed by atoms with E-state index in [1.165, 1.54) is 6.07 Å². The molecular weight excluding hydrogens is 278 g/mol. The first-order valence-electron chi connectivity index (χ1n) is 6.59. The van der Waals surface area contributed by atoms with Gasteiger partial charge in [0.2, 0.25) is 15.9 Å². The standard InChI is InChI=1S/C13H19N3O3S/c1-14-11-4-2-3-5-12(11)20(18,19)15-9-8-13(17)16-10-6-7-10/h2-5,10,14-15H,6-9H2,1H3,(H,16,17). The zero-order chi connectivity index (χ0) is 14.6. The SMILES string of the molecule is CNc1ccccc1S(=O)(=O)NCCC(=O)NC1CC1. The molecule has 2 rings (SSSR count). The molecule has 6 nitrogen and oxygen atoms in total. The maximum Gasteiger partial charge on any atom is 0.242 e. The quantitative estimate of drug-likeness (QED) is 0.690. The highest BCUT2D eigenvalue weighted by Gasteiger charge is 2.23. The lowest BCUT2D eigenvalue weighted by Gasteiger charge is -2.11. The van der Waals surface area contributed by atoms with Crippen LogP contribution in [0.15, 0.2) is 29.2 Å². The third-order valence-electron chi connectivity index (χ3n) is 3.03. The van der Waals surface area contributed by atoms with Crippen LogP contribution in [0.2, 0.25) is 0 Å². The number of rotatable bonds is 7. The normalized spacial score (nSPS) is 14.8. The van der Waals surface area contributed by atoms with Gasteiger partial charge in [-0.15, -0.1) is 0 Å². The van der Waals surface area contributed by atoms with Crippen LogP contribution >= 0.6 is 0 Å². The molecule has 0 bridgehead atoms. The zero-order valence-corrected chi connectivity index (χ0v) is 12.2. The van der Waals surface area contributed by atoms with Gasteiger partial charge in [0.15, 0.2) is 0 Å². The number of sulfonamides is 1. The monoisotopic (exact) mass is 297 g/mol. The summed E-state index contributed by atoms with van der Waals surface area (Å²) < 4.78 is 26.7. The second-order valence-corrected chi connectivity index (χ2v) is 6.47. The van der Waals surface area contributed by atoms with Crippen molar-refractivity contribution in [2.24, 2.45) is 0 Å². The molecule has 1 aromatic carbocycles. The van der Waals surface area contributed by atoms with Crippen molar-refractivity contribution in [3.05, 3.63) is 24.3 Å². The fraction of sp³-hybridized carbons (Fsp3) is 0.462. The van der Waals surface area contributed by atoms with Crippen molar-refractivity contribution in [3.63, 3.8) is 0 Å². The van der Waals surface area contributed by atoms with Crippen LogP contribution < -0.4 is 15.4 Å². The Morgan fingerprint density at radius 1 is 1.30 bits per heavy atom. The summed E-state index contributed by atoms with van der Waals surface area (Å²) in [5.74, 6) is -0.114. The summed E-state index contributed by atoms with van der Waals surface area (Å²) in [6.45, 7) is 0.0962. The second kappa shape index (κ2) is 6.23. The Hall–Kier alpha value is -1.60. The molecule has 3 N–H and O–H groups in total. The molecule has 1 aliphatic carbocycles. The summed E-state index contributed by atoms with van der Waals surface area (Å²) in [5, 5.41) is 5.65. The van der Waals surface area contributed by atoms with Gasteiger partial charge in [-0.3, -0.25) is 4.79 Å². The van der Waals surface area contributed by atoms with E-state index >= 15 is 0 Å². The van der Waals surface area contributed by atoms with Gasteiger partial charge in [-0.2, -0.15) is 0 Å². The van der Waals surface area contributed by atoms with Crippen molar-refractivity contribution in [2.75, 3.05) is 18.9 Å². The average molecular weight is 297 g/mol. The van der Waals surface area contributed by atoms with Gasteiger partial charge in [0.05, 0.1) is 5.69 Å². The lowest BCUT2D eigenvalue weighted by molar-refractivity contribution is -0.121. The van der Waals surface area contributed by atoms with E-state index in [4.69, 9.17) is 0 Å². The molecule has 110 valence electrons. The van der Waals surface area contributed by atoms with E-state index in [1.54, 1.807) is 25.2 Å². The Bertz CT molecular complexity index is 582. The molecule has 20 heavy (non-hydrogen) atoms. The molecule has 7 heteroatoms. The third kappa shape index (κ3) is 3.94. The summed E-state index contributed by atoms with van der Waals surface area (Å²) in [7, 11) is -1.94. The number of nitrogens with one attached hydrogen (secondary N) is 3. The molecule has 0 saturated heterocycles. The van der Waals surface area contributed by atoms with E-state index in [9.17, 15) is 13.2 Å².